The number of guanidine groups is 1. The van der Waals surface area contributed by atoms with Crippen LogP contribution in [0.1, 0.15) is 50.5 Å². The first-order valence-electron chi connectivity index (χ1n) is 10.1. The van der Waals surface area contributed by atoms with Crippen LogP contribution in [0.15, 0.2) is 29.3 Å². The Hall–Kier alpha value is -1.75. The largest absolute Gasteiger partial charge is 0.490 e. The average molecular weight is 360 g/mol. The van der Waals surface area contributed by atoms with Crippen molar-refractivity contribution in [3.8, 4) is 5.75 Å². The fourth-order valence-electron chi connectivity index (χ4n) is 3.27. The molecule has 2 N–H and O–H groups in total. The molecular weight excluding hydrogens is 326 g/mol. The van der Waals surface area contributed by atoms with Crippen LogP contribution >= 0.6 is 0 Å². The van der Waals surface area contributed by atoms with E-state index in [9.17, 15) is 0 Å². The van der Waals surface area contributed by atoms with Crippen LogP contribution in [0.5, 0.6) is 5.75 Å². The summed E-state index contributed by atoms with van der Waals surface area (Å²) in [5.41, 5.74) is 1.18. The van der Waals surface area contributed by atoms with Crippen LogP contribution in [0, 0.1) is 5.92 Å². The van der Waals surface area contributed by atoms with Gasteiger partial charge in [-0.2, -0.15) is 0 Å². The van der Waals surface area contributed by atoms with Crippen LogP contribution < -0.4 is 15.4 Å². The molecule has 0 aromatic heterocycles. The molecule has 2 fully saturated rings. The van der Waals surface area contributed by atoms with Gasteiger partial charge in [0, 0.05) is 38.9 Å². The molecule has 0 unspecified atom stereocenters. The van der Waals surface area contributed by atoms with E-state index in [0.29, 0.717) is 12.6 Å². The Morgan fingerprint density at radius 1 is 1.12 bits per heavy atom. The normalized spacial score (nSPS) is 18.1. The Balaban J connectivity index is 1.37. The van der Waals surface area contributed by atoms with E-state index in [-0.39, 0.29) is 0 Å². The summed E-state index contributed by atoms with van der Waals surface area (Å²) in [5.74, 6) is 2.66. The van der Waals surface area contributed by atoms with Gasteiger partial charge >= 0.3 is 0 Å². The van der Waals surface area contributed by atoms with Gasteiger partial charge in [-0.1, -0.05) is 18.2 Å². The van der Waals surface area contributed by atoms with Crippen LogP contribution in [0.3, 0.4) is 0 Å². The molecule has 0 heterocycles. The molecule has 0 aliphatic heterocycles. The van der Waals surface area contributed by atoms with Gasteiger partial charge in [-0.3, -0.25) is 4.99 Å². The van der Waals surface area contributed by atoms with Gasteiger partial charge in [0.15, 0.2) is 5.96 Å². The minimum absolute atomic E-state index is 0.379. The van der Waals surface area contributed by atoms with Crippen LogP contribution in [-0.4, -0.2) is 38.9 Å². The zero-order chi connectivity index (χ0) is 18.0. The van der Waals surface area contributed by atoms with Crippen molar-refractivity contribution in [2.75, 3.05) is 26.8 Å². The fourth-order valence-corrected chi connectivity index (χ4v) is 3.27. The molecule has 2 aliphatic carbocycles. The Bertz CT molecular complexity index is 566. The number of ether oxygens (including phenoxy) is 2. The minimum atomic E-state index is 0.379. The highest BCUT2D eigenvalue weighted by molar-refractivity contribution is 5.79. The zero-order valence-corrected chi connectivity index (χ0v) is 16.0. The SMILES string of the molecule is CN=C(NCCCOCC1CC1)NCc1ccccc1OC1CCCC1. The molecule has 5 heteroatoms. The van der Waals surface area contributed by atoms with E-state index >= 15 is 0 Å². The molecule has 26 heavy (non-hydrogen) atoms. The number of nitrogens with one attached hydrogen (secondary N) is 2. The van der Waals surface area contributed by atoms with Gasteiger partial charge in [0.05, 0.1) is 6.10 Å². The first-order chi connectivity index (χ1) is 12.8. The predicted octanol–water partition coefficient (Wildman–Crippen LogP) is 3.49. The number of benzene rings is 1. The van der Waals surface area contributed by atoms with Gasteiger partial charge in [-0.15, -0.1) is 0 Å². The summed E-state index contributed by atoms with van der Waals surface area (Å²) >= 11 is 0. The lowest BCUT2D eigenvalue weighted by atomic mass is 10.2. The quantitative estimate of drug-likeness (QED) is 0.381. The van der Waals surface area contributed by atoms with Gasteiger partial charge in [0.25, 0.3) is 0 Å². The summed E-state index contributed by atoms with van der Waals surface area (Å²) in [6, 6.07) is 8.30. The van der Waals surface area contributed by atoms with Crippen molar-refractivity contribution in [3.05, 3.63) is 29.8 Å². The first-order valence-corrected chi connectivity index (χ1v) is 10.1. The van der Waals surface area contributed by atoms with Gasteiger partial charge < -0.3 is 20.1 Å². The third-order valence-corrected chi connectivity index (χ3v) is 5.05. The van der Waals surface area contributed by atoms with Crippen molar-refractivity contribution < 1.29 is 9.47 Å². The lowest BCUT2D eigenvalue weighted by molar-refractivity contribution is 0.123. The Morgan fingerprint density at radius 2 is 1.92 bits per heavy atom. The highest BCUT2D eigenvalue weighted by atomic mass is 16.5. The van der Waals surface area contributed by atoms with Gasteiger partial charge in [-0.05, 0) is 56.9 Å². The molecule has 2 saturated carbocycles. The summed E-state index contributed by atoms with van der Waals surface area (Å²) in [6.45, 7) is 3.33. The molecule has 3 rings (SSSR count). The number of nitrogens with zero attached hydrogens (tertiary/aromatic N) is 1. The number of aliphatic imine (C=N–C) groups is 1. The lowest BCUT2D eigenvalue weighted by Crippen LogP contribution is -2.37. The molecule has 0 radical (unpaired) electrons. The summed E-state index contributed by atoms with van der Waals surface area (Å²) in [5, 5.41) is 6.74. The molecule has 1 aromatic carbocycles. The van der Waals surface area contributed by atoms with Gasteiger partial charge in [-0.25, -0.2) is 0 Å². The van der Waals surface area contributed by atoms with Crippen molar-refractivity contribution >= 4 is 5.96 Å². The van der Waals surface area contributed by atoms with E-state index in [0.717, 1.165) is 43.8 Å². The second kappa shape index (κ2) is 10.4. The predicted molar refractivity (Wildman–Crippen MR) is 106 cm³/mol. The Kier molecular flexibility index (Phi) is 7.62. The number of para-hydroxylation sites is 1. The van der Waals surface area contributed by atoms with Crippen molar-refractivity contribution in [1.29, 1.82) is 0 Å². The average Bonchev–Trinajstić information content (AvgIpc) is 3.35. The monoisotopic (exact) mass is 359 g/mol. The molecule has 0 amide bonds. The maximum Gasteiger partial charge on any atom is 0.191 e. The van der Waals surface area contributed by atoms with Crippen LogP contribution in [0.25, 0.3) is 0 Å². The third-order valence-electron chi connectivity index (χ3n) is 5.05. The minimum Gasteiger partial charge on any atom is -0.490 e. The molecular formula is C21H33N3O2. The van der Waals surface area contributed by atoms with E-state index in [4.69, 9.17) is 9.47 Å². The number of rotatable bonds is 10. The maximum absolute atomic E-state index is 6.21. The van der Waals surface area contributed by atoms with Crippen LogP contribution in [0.2, 0.25) is 0 Å². The number of hydrogen-bond donors (Lipinski definition) is 2. The molecule has 144 valence electrons. The number of hydrogen-bond acceptors (Lipinski definition) is 3. The highest BCUT2D eigenvalue weighted by Gasteiger charge is 2.20. The second-order valence-corrected chi connectivity index (χ2v) is 7.36. The Labute approximate surface area is 157 Å². The molecule has 0 bridgehead atoms. The van der Waals surface area contributed by atoms with E-state index in [2.05, 4.69) is 33.8 Å². The van der Waals surface area contributed by atoms with E-state index in [1.165, 1.54) is 44.1 Å². The third kappa shape index (κ3) is 6.52. The van der Waals surface area contributed by atoms with Crippen LogP contribution in [-0.2, 0) is 11.3 Å². The summed E-state index contributed by atoms with van der Waals surface area (Å²) in [4.78, 5) is 4.30. The van der Waals surface area contributed by atoms with Crippen molar-refractivity contribution in [2.24, 2.45) is 10.9 Å². The standard InChI is InChI=1S/C21H33N3O2/c1-22-21(23-13-6-14-25-16-17-11-12-17)24-15-18-7-2-5-10-20(18)26-19-8-3-4-9-19/h2,5,7,10,17,19H,3-4,6,8-9,11-16H2,1H3,(H2,22,23,24). The second-order valence-electron chi connectivity index (χ2n) is 7.36. The van der Waals surface area contributed by atoms with E-state index in [1.807, 2.05) is 6.07 Å². The molecule has 0 atom stereocenters. The highest BCUT2D eigenvalue weighted by Crippen LogP contribution is 2.28. The van der Waals surface area contributed by atoms with Crippen LogP contribution in [0.4, 0.5) is 0 Å². The van der Waals surface area contributed by atoms with Gasteiger partial charge in [0.1, 0.15) is 5.75 Å². The smallest absolute Gasteiger partial charge is 0.191 e. The summed E-state index contributed by atoms with van der Waals surface area (Å²) in [6.07, 6.45) is 8.99. The lowest BCUT2D eigenvalue weighted by Gasteiger charge is -2.18. The summed E-state index contributed by atoms with van der Waals surface area (Å²) < 4.78 is 11.9. The fraction of sp³-hybridized carbons (Fsp3) is 0.667. The van der Waals surface area contributed by atoms with Crippen molar-refractivity contribution in [1.82, 2.24) is 10.6 Å². The summed E-state index contributed by atoms with van der Waals surface area (Å²) in [7, 11) is 1.81. The van der Waals surface area contributed by atoms with E-state index < -0.39 is 0 Å². The zero-order valence-electron chi connectivity index (χ0n) is 16.0. The molecule has 1 aromatic rings. The van der Waals surface area contributed by atoms with Crippen molar-refractivity contribution in [2.45, 2.75) is 57.6 Å². The first kappa shape index (κ1) is 19.0. The Morgan fingerprint density at radius 3 is 2.69 bits per heavy atom. The van der Waals surface area contributed by atoms with E-state index in [1.54, 1.807) is 7.05 Å². The van der Waals surface area contributed by atoms with Crippen molar-refractivity contribution in [3.63, 3.8) is 0 Å². The molecule has 5 nitrogen and oxygen atoms in total. The molecule has 0 saturated heterocycles. The topological polar surface area (TPSA) is 54.9 Å². The molecule has 0 spiro atoms. The molecule has 2 aliphatic rings. The van der Waals surface area contributed by atoms with Gasteiger partial charge in [0.2, 0.25) is 0 Å². The maximum atomic E-state index is 6.21.